The molecule has 0 saturated carbocycles. The molecule has 0 heterocycles. The highest BCUT2D eigenvalue weighted by atomic mass is 28.3. The van der Waals surface area contributed by atoms with Crippen molar-refractivity contribution in [2.45, 2.75) is 78.2 Å². The summed E-state index contributed by atoms with van der Waals surface area (Å²) >= 11 is 0. The Hall–Kier alpha value is -2.64. The molecule has 1 heteroatoms. The van der Waals surface area contributed by atoms with Crippen molar-refractivity contribution < 1.29 is 0 Å². The van der Waals surface area contributed by atoms with Crippen LogP contribution in [0.1, 0.15) is 89.3 Å². The van der Waals surface area contributed by atoms with Gasteiger partial charge in [0.1, 0.15) is 0 Å². The molecule has 1 unspecified atom stereocenters. The van der Waals surface area contributed by atoms with Crippen LogP contribution in [0.25, 0.3) is 0 Å². The van der Waals surface area contributed by atoms with Gasteiger partial charge in [-0.3, -0.25) is 0 Å². The maximum absolute atomic E-state index is 2.58. The third kappa shape index (κ3) is 4.89. The molecule has 35 heavy (non-hydrogen) atoms. The summed E-state index contributed by atoms with van der Waals surface area (Å²) in [5.74, 6) is 1.52. The average molecular weight is 479 g/mol. The zero-order valence-corrected chi connectivity index (χ0v) is 23.7. The van der Waals surface area contributed by atoms with Crippen molar-refractivity contribution in [1.29, 1.82) is 0 Å². The SMILES string of the molecule is CCC1=CC([Si](c2cccc(C(C)C)c2)(c2cccc(C(C)C)c2)c2cccc(C(C)C)c2)C=C1. The Labute approximate surface area is 214 Å². The second-order valence-corrected chi connectivity index (χ2v) is 15.1. The topological polar surface area (TPSA) is 0 Å². The summed E-state index contributed by atoms with van der Waals surface area (Å²) in [6.45, 7) is 16.1. The summed E-state index contributed by atoms with van der Waals surface area (Å²) in [5, 5.41) is 4.57. The van der Waals surface area contributed by atoms with Crippen LogP contribution in [0, 0.1) is 0 Å². The monoisotopic (exact) mass is 478 g/mol. The Balaban J connectivity index is 2.12. The molecule has 3 aromatic carbocycles. The van der Waals surface area contributed by atoms with Gasteiger partial charge in [0.15, 0.2) is 8.07 Å². The van der Waals surface area contributed by atoms with Crippen LogP contribution < -0.4 is 15.6 Å². The Morgan fingerprint density at radius 2 is 1.03 bits per heavy atom. The predicted octanol–water partition coefficient (Wildman–Crippen LogP) is 7.80. The zero-order chi connectivity index (χ0) is 25.2. The van der Waals surface area contributed by atoms with Crippen LogP contribution >= 0.6 is 0 Å². The van der Waals surface area contributed by atoms with Gasteiger partial charge >= 0.3 is 0 Å². The maximum Gasteiger partial charge on any atom is 0.158 e. The quantitative estimate of drug-likeness (QED) is 0.229. The second-order valence-electron chi connectivity index (χ2n) is 11.1. The summed E-state index contributed by atoms with van der Waals surface area (Å²) in [6, 6.07) is 28.7. The van der Waals surface area contributed by atoms with E-state index in [1.165, 1.54) is 37.8 Å². The first kappa shape index (κ1) is 25.4. The standard InChI is InChI=1S/C34H42Si/c1-8-27-18-19-34(20-27)35(31-15-9-12-28(21-31)24(2)3,32-16-10-13-29(22-32)25(4)5)33-17-11-14-30(23-33)26(6)7/h9-26,34H,8H2,1-7H3. The fourth-order valence-electron chi connectivity index (χ4n) is 5.58. The molecule has 0 spiro atoms. The molecule has 4 rings (SSSR count). The first-order valence-electron chi connectivity index (χ1n) is 13.5. The fourth-order valence-corrected chi connectivity index (χ4v) is 10.8. The van der Waals surface area contributed by atoms with Gasteiger partial charge in [0.25, 0.3) is 0 Å². The highest BCUT2D eigenvalue weighted by Crippen LogP contribution is 2.34. The lowest BCUT2D eigenvalue weighted by molar-refractivity contribution is 0.867. The number of hydrogen-bond donors (Lipinski definition) is 0. The van der Waals surface area contributed by atoms with Crippen LogP contribution in [0.2, 0.25) is 5.54 Å². The molecule has 0 radical (unpaired) electrons. The minimum Gasteiger partial charge on any atom is -0.0790 e. The fraction of sp³-hybridized carbons (Fsp3) is 0.353. The Morgan fingerprint density at radius 1 is 0.629 bits per heavy atom. The van der Waals surface area contributed by atoms with Gasteiger partial charge in [-0.2, -0.15) is 0 Å². The largest absolute Gasteiger partial charge is 0.158 e. The summed E-state index contributed by atoms with van der Waals surface area (Å²) in [5.41, 5.74) is 6.15. The smallest absolute Gasteiger partial charge is 0.0790 e. The molecule has 0 fully saturated rings. The first-order valence-corrected chi connectivity index (χ1v) is 15.5. The molecule has 0 aliphatic heterocycles. The van der Waals surface area contributed by atoms with Crippen molar-refractivity contribution >= 4 is 23.6 Å². The van der Waals surface area contributed by atoms with Crippen LogP contribution in [0.15, 0.2) is 96.6 Å². The molecule has 0 bridgehead atoms. The molecule has 0 saturated heterocycles. The van der Waals surface area contributed by atoms with Crippen molar-refractivity contribution in [2.75, 3.05) is 0 Å². The second kappa shape index (κ2) is 10.5. The van der Waals surface area contributed by atoms with E-state index in [4.69, 9.17) is 0 Å². The van der Waals surface area contributed by atoms with E-state index in [1.54, 1.807) is 0 Å². The normalized spacial score (nSPS) is 15.9. The van der Waals surface area contributed by atoms with Gasteiger partial charge in [0.05, 0.1) is 0 Å². The Bertz CT molecular complexity index is 1100. The molecule has 0 aromatic heterocycles. The van der Waals surface area contributed by atoms with E-state index in [1.807, 2.05) is 0 Å². The average Bonchev–Trinajstić information content (AvgIpc) is 3.34. The minimum absolute atomic E-state index is 0.393. The molecule has 0 amide bonds. The van der Waals surface area contributed by atoms with Crippen molar-refractivity contribution in [3.8, 4) is 0 Å². The molecule has 3 aromatic rings. The first-order chi connectivity index (χ1) is 16.8. The van der Waals surface area contributed by atoms with E-state index in [0.717, 1.165) is 6.42 Å². The van der Waals surface area contributed by atoms with E-state index < -0.39 is 8.07 Å². The summed E-state index contributed by atoms with van der Waals surface area (Å²) < 4.78 is 0. The number of benzene rings is 3. The van der Waals surface area contributed by atoms with E-state index in [9.17, 15) is 0 Å². The summed E-state index contributed by atoms with van der Waals surface area (Å²) in [4.78, 5) is 0. The van der Waals surface area contributed by atoms with E-state index in [2.05, 4.69) is 139 Å². The molecule has 0 N–H and O–H groups in total. The highest BCUT2D eigenvalue weighted by molar-refractivity contribution is 7.13. The van der Waals surface area contributed by atoms with Crippen molar-refractivity contribution in [1.82, 2.24) is 0 Å². The number of rotatable bonds is 8. The number of hydrogen-bond acceptors (Lipinski definition) is 0. The molecular formula is C34H42Si. The summed E-state index contributed by atoms with van der Waals surface area (Å²) in [7, 11) is -2.44. The van der Waals surface area contributed by atoms with Gasteiger partial charge in [-0.25, -0.2) is 0 Å². The minimum atomic E-state index is -2.44. The van der Waals surface area contributed by atoms with Crippen LogP contribution in [0.5, 0.6) is 0 Å². The lowest BCUT2D eigenvalue weighted by atomic mass is 10.0. The van der Waals surface area contributed by atoms with Crippen LogP contribution in [-0.4, -0.2) is 8.07 Å². The molecule has 0 nitrogen and oxygen atoms in total. The lowest BCUT2D eigenvalue weighted by Crippen LogP contribution is -2.69. The van der Waals surface area contributed by atoms with Gasteiger partial charge in [-0.15, -0.1) is 0 Å². The Kier molecular flexibility index (Phi) is 7.67. The highest BCUT2D eigenvalue weighted by Gasteiger charge is 2.46. The van der Waals surface area contributed by atoms with Gasteiger partial charge in [0, 0.05) is 5.54 Å². The lowest BCUT2D eigenvalue weighted by Gasteiger charge is -2.39. The maximum atomic E-state index is 2.58. The third-order valence-corrected chi connectivity index (χ3v) is 12.9. The van der Waals surface area contributed by atoms with Gasteiger partial charge < -0.3 is 0 Å². The molecule has 1 aliphatic rings. The van der Waals surface area contributed by atoms with Crippen molar-refractivity contribution in [2.24, 2.45) is 0 Å². The van der Waals surface area contributed by atoms with Crippen molar-refractivity contribution in [3.63, 3.8) is 0 Å². The van der Waals surface area contributed by atoms with Gasteiger partial charge in [-0.1, -0.05) is 145 Å². The predicted molar refractivity (Wildman–Crippen MR) is 158 cm³/mol. The number of allylic oxidation sites excluding steroid dienone is 4. The van der Waals surface area contributed by atoms with Crippen molar-refractivity contribution in [3.05, 3.63) is 113 Å². The summed E-state index contributed by atoms with van der Waals surface area (Å²) in [6.07, 6.45) is 8.56. The van der Waals surface area contributed by atoms with Gasteiger partial charge in [0.2, 0.25) is 0 Å². The third-order valence-electron chi connectivity index (χ3n) is 7.85. The molecule has 1 aliphatic carbocycles. The molecular weight excluding hydrogens is 436 g/mol. The van der Waals surface area contributed by atoms with Crippen LogP contribution in [0.3, 0.4) is 0 Å². The Morgan fingerprint density at radius 3 is 1.34 bits per heavy atom. The molecule has 182 valence electrons. The zero-order valence-electron chi connectivity index (χ0n) is 22.7. The van der Waals surface area contributed by atoms with E-state index in [0.29, 0.717) is 23.3 Å². The van der Waals surface area contributed by atoms with E-state index >= 15 is 0 Å². The van der Waals surface area contributed by atoms with Crippen LogP contribution in [0.4, 0.5) is 0 Å². The molecule has 1 atom stereocenters. The van der Waals surface area contributed by atoms with E-state index in [-0.39, 0.29) is 0 Å². The van der Waals surface area contributed by atoms with Crippen LogP contribution in [-0.2, 0) is 0 Å². The van der Waals surface area contributed by atoms with Gasteiger partial charge in [-0.05, 0) is 56.4 Å².